The molecule has 0 aliphatic rings. The molecule has 2 aromatic rings. The molecule has 8 heteroatoms. The zero-order valence-electron chi connectivity index (χ0n) is 13.1. The van der Waals surface area contributed by atoms with Crippen molar-refractivity contribution in [2.45, 2.75) is 37.4 Å². The van der Waals surface area contributed by atoms with Gasteiger partial charge in [0.15, 0.2) is 0 Å². The van der Waals surface area contributed by atoms with Gasteiger partial charge in [-0.15, -0.1) is 0 Å². The highest BCUT2D eigenvalue weighted by Crippen LogP contribution is 2.25. The van der Waals surface area contributed by atoms with Crippen LogP contribution in [0, 0.1) is 0 Å². The van der Waals surface area contributed by atoms with E-state index in [1.54, 1.807) is 29.0 Å². The van der Waals surface area contributed by atoms with E-state index >= 15 is 0 Å². The van der Waals surface area contributed by atoms with E-state index in [1.165, 1.54) is 23.5 Å². The van der Waals surface area contributed by atoms with Crippen LogP contribution in [0.25, 0.3) is 0 Å². The van der Waals surface area contributed by atoms with Crippen LogP contribution in [0.15, 0.2) is 46.0 Å². The number of alkyl halides is 3. The molecule has 0 amide bonds. The Balaban J connectivity index is 2.31. The molecule has 132 valence electrons. The molecule has 0 spiro atoms. The third-order valence-electron chi connectivity index (χ3n) is 3.39. The van der Waals surface area contributed by atoms with Gasteiger partial charge in [-0.1, -0.05) is 25.5 Å². The summed E-state index contributed by atoms with van der Waals surface area (Å²) in [5.41, 5.74) is 1.49. The lowest BCUT2D eigenvalue weighted by Crippen LogP contribution is -2.38. The minimum absolute atomic E-state index is 0.123. The van der Waals surface area contributed by atoms with Crippen molar-refractivity contribution in [2.24, 2.45) is 0 Å². The van der Waals surface area contributed by atoms with E-state index in [1.807, 2.05) is 6.92 Å². The summed E-state index contributed by atoms with van der Waals surface area (Å²) >= 11 is 1.31. The van der Waals surface area contributed by atoms with E-state index < -0.39 is 22.7 Å². The van der Waals surface area contributed by atoms with Gasteiger partial charge >= 0.3 is 6.18 Å². The lowest BCUT2D eigenvalue weighted by atomic mass is 10.1. The Bertz CT molecular complexity index is 739. The number of benzene rings is 1. The third-order valence-corrected chi connectivity index (χ3v) is 5.93. The summed E-state index contributed by atoms with van der Waals surface area (Å²) in [6.07, 6.45) is -2.91. The van der Waals surface area contributed by atoms with E-state index in [-0.39, 0.29) is 11.4 Å². The maximum atomic E-state index is 12.8. The van der Waals surface area contributed by atoms with Crippen molar-refractivity contribution in [2.75, 3.05) is 6.54 Å². The third kappa shape index (κ3) is 5.06. The van der Waals surface area contributed by atoms with E-state index in [0.29, 0.717) is 9.87 Å². The highest BCUT2D eigenvalue weighted by Gasteiger charge is 2.37. The Hall–Kier alpha value is -1.38. The number of sulfonamides is 1. The van der Waals surface area contributed by atoms with Crippen molar-refractivity contribution >= 4 is 21.4 Å². The largest absolute Gasteiger partial charge is 0.402 e. The molecule has 0 fully saturated rings. The van der Waals surface area contributed by atoms with Crippen LogP contribution in [0.1, 0.15) is 24.5 Å². The van der Waals surface area contributed by atoms with Crippen LogP contribution >= 0.6 is 11.3 Å². The van der Waals surface area contributed by atoms with E-state index in [4.69, 9.17) is 0 Å². The van der Waals surface area contributed by atoms with Crippen LogP contribution in [-0.4, -0.2) is 25.4 Å². The fourth-order valence-corrected chi connectivity index (χ4v) is 4.35. The second-order valence-electron chi connectivity index (χ2n) is 5.41. The van der Waals surface area contributed by atoms with Gasteiger partial charge in [-0.25, -0.2) is 8.42 Å². The Morgan fingerprint density at radius 3 is 2.25 bits per heavy atom. The molecule has 0 unspecified atom stereocenters. The van der Waals surface area contributed by atoms with E-state index in [9.17, 15) is 21.6 Å². The van der Waals surface area contributed by atoms with Gasteiger partial charge in [0, 0.05) is 6.54 Å². The molecule has 0 aliphatic heterocycles. The Labute approximate surface area is 143 Å². The van der Waals surface area contributed by atoms with Gasteiger partial charge < -0.3 is 0 Å². The summed E-state index contributed by atoms with van der Waals surface area (Å²) in [5.74, 6) is 0. The van der Waals surface area contributed by atoms with Crippen LogP contribution < -0.4 is 0 Å². The number of nitrogens with zero attached hydrogens (tertiary/aromatic N) is 1. The van der Waals surface area contributed by atoms with Gasteiger partial charge in [0.05, 0.1) is 4.90 Å². The molecule has 0 atom stereocenters. The van der Waals surface area contributed by atoms with Gasteiger partial charge in [0.25, 0.3) is 0 Å². The van der Waals surface area contributed by atoms with E-state index in [2.05, 4.69) is 0 Å². The number of aryl methyl sites for hydroxylation is 1. The lowest BCUT2D eigenvalue weighted by molar-refractivity contribution is -0.136. The first-order chi connectivity index (χ1) is 11.2. The number of hydrogen-bond donors (Lipinski definition) is 0. The van der Waals surface area contributed by atoms with Crippen LogP contribution in [0.3, 0.4) is 0 Å². The molecule has 0 aliphatic carbocycles. The fraction of sp³-hybridized carbons (Fsp3) is 0.375. The summed E-state index contributed by atoms with van der Waals surface area (Å²) in [4.78, 5) is -0.123. The molecule has 1 aromatic heterocycles. The van der Waals surface area contributed by atoms with Gasteiger partial charge in [-0.2, -0.15) is 28.8 Å². The maximum absolute atomic E-state index is 12.8. The molecule has 0 bridgehead atoms. The minimum Gasteiger partial charge on any atom is -0.207 e. The molecule has 1 aromatic carbocycles. The number of thiophene rings is 1. The Kier molecular flexibility index (Phi) is 6.06. The molecule has 3 nitrogen and oxygen atoms in total. The highest BCUT2D eigenvalue weighted by molar-refractivity contribution is 7.89. The van der Waals surface area contributed by atoms with Crippen LogP contribution in [0.2, 0.25) is 0 Å². The molecule has 24 heavy (non-hydrogen) atoms. The predicted octanol–water partition coefficient (Wildman–Crippen LogP) is 4.45. The molecular formula is C16H18F3NO2S2. The topological polar surface area (TPSA) is 37.4 Å². The van der Waals surface area contributed by atoms with Gasteiger partial charge in [0.2, 0.25) is 10.0 Å². The summed E-state index contributed by atoms with van der Waals surface area (Å²) in [7, 11) is -4.22. The van der Waals surface area contributed by atoms with Gasteiger partial charge in [0.1, 0.15) is 6.54 Å². The quantitative estimate of drug-likeness (QED) is 0.715. The first-order valence-electron chi connectivity index (χ1n) is 7.39. The second kappa shape index (κ2) is 7.67. The smallest absolute Gasteiger partial charge is 0.207 e. The molecule has 0 saturated heterocycles. The predicted molar refractivity (Wildman–Crippen MR) is 88.4 cm³/mol. The van der Waals surface area contributed by atoms with Gasteiger partial charge in [-0.05, 0) is 46.5 Å². The molecule has 0 radical (unpaired) electrons. The fourth-order valence-electron chi connectivity index (χ4n) is 2.28. The number of rotatable bonds is 7. The van der Waals surface area contributed by atoms with Crippen LogP contribution in [0.5, 0.6) is 0 Å². The van der Waals surface area contributed by atoms with Crippen molar-refractivity contribution in [3.63, 3.8) is 0 Å². The summed E-state index contributed by atoms with van der Waals surface area (Å²) in [5, 5.41) is 3.34. The van der Waals surface area contributed by atoms with Crippen molar-refractivity contribution in [1.29, 1.82) is 0 Å². The van der Waals surface area contributed by atoms with Crippen molar-refractivity contribution in [3.8, 4) is 0 Å². The minimum atomic E-state index is -4.61. The highest BCUT2D eigenvalue weighted by atomic mass is 32.2. The molecule has 2 rings (SSSR count). The zero-order chi connectivity index (χ0) is 17.8. The van der Waals surface area contributed by atoms with Crippen molar-refractivity contribution in [3.05, 3.63) is 52.2 Å². The maximum Gasteiger partial charge on any atom is 0.402 e. The number of hydrogen-bond acceptors (Lipinski definition) is 3. The Morgan fingerprint density at radius 2 is 1.75 bits per heavy atom. The molecule has 0 N–H and O–H groups in total. The van der Waals surface area contributed by atoms with Crippen LogP contribution in [0.4, 0.5) is 13.2 Å². The second-order valence-corrected chi connectivity index (χ2v) is 8.13. The number of halogens is 3. The normalized spacial score (nSPS) is 12.7. The molecular weight excluding hydrogens is 359 g/mol. The van der Waals surface area contributed by atoms with Crippen LogP contribution in [-0.2, 0) is 23.0 Å². The summed E-state index contributed by atoms with van der Waals surface area (Å²) < 4.78 is 64.3. The lowest BCUT2D eigenvalue weighted by Gasteiger charge is -2.23. The average molecular weight is 377 g/mol. The SMILES string of the molecule is CCCc1ccc(S(=O)(=O)N(Cc2ccsc2)CC(F)(F)F)cc1. The first kappa shape index (κ1) is 19.0. The molecule has 0 saturated carbocycles. The zero-order valence-corrected chi connectivity index (χ0v) is 14.7. The van der Waals surface area contributed by atoms with Gasteiger partial charge in [-0.3, -0.25) is 0 Å². The Morgan fingerprint density at radius 1 is 1.08 bits per heavy atom. The van der Waals surface area contributed by atoms with Crippen molar-refractivity contribution < 1.29 is 21.6 Å². The standard InChI is InChI=1S/C16H18F3NO2S2/c1-2-3-13-4-6-15(7-5-13)24(21,22)20(12-16(17,18)19)10-14-8-9-23-11-14/h4-9,11H,2-3,10,12H2,1H3. The summed E-state index contributed by atoms with van der Waals surface area (Å²) in [6.45, 7) is 0.181. The monoisotopic (exact) mass is 377 g/mol. The average Bonchev–Trinajstić information content (AvgIpc) is 2.99. The van der Waals surface area contributed by atoms with Crippen molar-refractivity contribution in [1.82, 2.24) is 4.31 Å². The first-order valence-corrected chi connectivity index (χ1v) is 9.77. The molecule has 1 heterocycles. The van der Waals surface area contributed by atoms with E-state index in [0.717, 1.165) is 18.4 Å². The summed E-state index contributed by atoms with van der Waals surface area (Å²) in [6, 6.07) is 7.65.